The Morgan fingerprint density at radius 3 is 2.81 bits per heavy atom. The van der Waals surface area contributed by atoms with Crippen molar-refractivity contribution < 1.29 is 9.53 Å². The Balaban J connectivity index is 1.79. The van der Waals surface area contributed by atoms with Gasteiger partial charge in [-0.25, -0.2) is 4.98 Å². The van der Waals surface area contributed by atoms with Gasteiger partial charge in [-0.05, 0) is 5.56 Å². The van der Waals surface area contributed by atoms with E-state index in [0.717, 1.165) is 5.56 Å². The summed E-state index contributed by atoms with van der Waals surface area (Å²) in [7, 11) is 0. The molecular weight excluding hydrogens is 204 g/mol. The minimum absolute atomic E-state index is 0.0608. The fourth-order valence-corrected chi connectivity index (χ4v) is 1.31. The van der Waals surface area contributed by atoms with Crippen molar-refractivity contribution in [3.63, 3.8) is 0 Å². The number of aromatic nitrogens is 2. The van der Waals surface area contributed by atoms with Crippen LogP contribution in [-0.4, -0.2) is 22.1 Å². The molecule has 0 aliphatic carbocycles. The van der Waals surface area contributed by atoms with Crippen molar-refractivity contribution in [3.8, 4) is 0 Å². The molecule has 4 nitrogen and oxygen atoms in total. The molecule has 0 N–H and O–H groups in total. The van der Waals surface area contributed by atoms with Crippen LogP contribution in [0.15, 0.2) is 49.1 Å². The number of nitrogens with zero attached hydrogens (tertiary/aromatic N) is 2. The standard InChI is InChI=1S/C12H12N2O2/c15-12(14-7-6-13-10-14)9-16-8-11-4-2-1-3-5-11/h1-7,10H,8-9H2. The molecule has 1 aromatic heterocycles. The van der Waals surface area contributed by atoms with Crippen LogP contribution in [0, 0.1) is 0 Å². The maximum Gasteiger partial charge on any atom is 0.257 e. The van der Waals surface area contributed by atoms with Crippen LogP contribution in [0.3, 0.4) is 0 Å². The SMILES string of the molecule is O=C(COCc1ccccc1)n1ccnc1. The quantitative estimate of drug-likeness (QED) is 0.781. The molecule has 0 amide bonds. The van der Waals surface area contributed by atoms with Gasteiger partial charge < -0.3 is 4.74 Å². The Kier molecular flexibility index (Phi) is 3.46. The van der Waals surface area contributed by atoms with Gasteiger partial charge in [-0.15, -0.1) is 0 Å². The highest BCUT2D eigenvalue weighted by Crippen LogP contribution is 2.00. The van der Waals surface area contributed by atoms with Crippen molar-refractivity contribution >= 4 is 5.91 Å². The number of hydrogen-bond acceptors (Lipinski definition) is 3. The summed E-state index contributed by atoms with van der Waals surface area (Å²) in [5.74, 6) is -0.117. The van der Waals surface area contributed by atoms with Gasteiger partial charge in [0.05, 0.1) is 6.61 Å². The molecule has 82 valence electrons. The fourth-order valence-electron chi connectivity index (χ4n) is 1.31. The minimum atomic E-state index is -0.117. The molecule has 0 fully saturated rings. The molecule has 0 spiro atoms. The van der Waals surface area contributed by atoms with Crippen LogP contribution in [0.2, 0.25) is 0 Å². The first kappa shape index (κ1) is 10.6. The first-order chi connectivity index (χ1) is 7.86. The van der Waals surface area contributed by atoms with Crippen molar-refractivity contribution in [2.75, 3.05) is 6.61 Å². The second kappa shape index (κ2) is 5.23. The molecule has 0 radical (unpaired) electrons. The van der Waals surface area contributed by atoms with Crippen LogP contribution in [0.4, 0.5) is 0 Å². The molecule has 4 heteroatoms. The second-order valence-electron chi connectivity index (χ2n) is 3.34. The highest BCUT2D eigenvalue weighted by Gasteiger charge is 2.03. The second-order valence-corrected chi connectivity index (χ2v) is 3.34. The van der Waals surface area contributed by atoms with E-state index >= 15 is 0 Å². The Morgan fingerprint density at radius 2 is 2.12 bits per heavy atom. The number of carbonyl (C=O) groups is 1. The molecule has 1 heterocycles. The lowest BCUT2D eigenvalue weighted by Gasteiger charge is -2.03. The van der Waals surface area contributed by atoms with E-state index in [1.165, 1.54) is 10.9 Å². The third kappa shape index (κ3) is 2.77. The van der Waals surface area contributed by atoms with Crippen LogP contribution in [-0.2, 0) is 11.3 Å². The van der Waals surface area contributed by atoms with Gasteiger partial charge in [-0.3, -0.25) is 9.36 Å². The molecular formula is C12H12N2O2. The summed E-state index contributed by atoms with van der Waals surface area (Å²) in [4.78, 5) is 15.3. The monoisotopic (exact) mass is 216 g/mol. The van der Waals surface area contributed by atoms with Crippen molar-refractivity contribution in [2.45, 2.75) is 6.61 Å². The van der Waals surface area contributed by atoms with Crippen LogP contribution < -0.4 is 0 Å². The van der Waals surface area contributed by atoms with E-state index in [2.05, 4.69) is 4.98 Å². The zero-order valence-electron chi connectivity index (χ0n) is 8.74. The molecule has 0 saturated heterocycles. The lowest BCUT2D eigenvalue weighted by atomic mass is 10.2. The van der Waals surface area contributed by atoms with Gasteiger partial charge in [0, 0.05) is 12.4 Å². The van der Waals surface area contributed by atoms with Gasteiger partial charge in [-0.1, -0.05) is 30.3 Å². The number of rotatable bonds is 4. The van der Waals surface area contributed by atoms with E-state index in [-0.39, 0.29) is 12.5 Å². The Morgan fingerprint density at radius 1 is 1.31 bits per heavy atom. The lowest BCUT2D eigenvalue weighted by molar-refractivity contribution is 0.0643. The number of hydrogen-bond donors (Lipinski definition) is 0. The van der Waals surface area contributed by atoms with Gasteiger partial charge >= 0.3 is 0 Å². The van der Waals surface area contributed by atoms with Crippen molar-refractivity contribution in [1.82, 2.24) is 9.55 Å². The summed E-state index contributed by atoms with van der Waals surface area (Å²) in [6.07, 6.45) is 4.64. The molecule has 1 aromatic carbocycles. The summed E-state index contributed by atoms with van der Waals surface area (Å²) >= 11 is 0. The molecule has 16 heavy (non-hydrogen) atoms. The summed E-state index contributed by atoms with van der Waals surface area (Å²) < 4.78 is 6.71. The number of carbonyl (C=O) groups excluding carboxylic acids is 1. The maximum atomic E-state index is 11.5. The molecule has 0 saturated carbocycles. The predicted molar refractivity (Wildman–Crippen MR) is 59.0 cm³/mol. The van der Waals surface area contributed by atoms with Gasteiger partial charge in [0.2, 0.25) is 0 Å². The van der Waals surface area contributed by atoms with Gasteiger partial charge in [0.15, 0.2) is 0 Å². The topological polar surface area (TPSA) is 44.1 Å². The summed E-state index contributed by atoms with van der Waals surface area (Å²) in [6.45, 7) is 0.506. The first-order valence-electron chi connectivity index (χ1n) is 4.99. The summed E-state index contributed by atoms with van der Waals surface area (Å²) in [5, 5.41) is 0. The van der Waals surface area contributed by atoms with Gasteiger partial charge in [0.1, 0.15) is 12.9 Å². The number of benzene rings is 1. The van der Waals surface area contributed by atoms with E-state index in [1.807, 2.05) is 30.3 Å². The van der Waals surface area contributed by atoms with Gasteiger partial charge in [-0.2, -0.15) is 0 Å². The zero-order chi connectivity index (χ0) is 11.2. The van der Waals surface area contributed by atoms with Crippen LogP contribution in [0.5, 0.6) is 0 Å². The smallest absolute Gasteiger partial charge is 0.257 e. The molecule has 0 bridgehead atoms. The third-order valence-electron chi connectivity index (χ3n) is 2.13. The zero-order valence-corrected chi connectivity index (χ0v) is 8.74. The normalized spacial score (nSPS) is 10.2. The Hall–Kier alpha value is -1.94. The maximum absolute atomic E-state index is 11.5. The molecule has 0 aliphatic rings. The fraction of sp³-hybridized carbons (Fsp3) is 0.167. The van der Waals surface area contributed by atoms with E-state index < -0.39 is 0 Å². The van der Waals surface area contributed by atoms with Crippen molar-refractivity contribution in [2.24, 2.45) is 0 Å². The predicted octanol–water partition coefficient (Wildman–Crippen LogP) is 1.74. The third-order valence-corrected chi connectivity index (χ3v) is 2.13. The summed E-state index contributed by atoms with van der Waals surface area (Å²) in [6, 6.07) is 9.75. The molecule has 2 rings (SSSR count). The molecule has 2 aromatic rings. The summed E-state index contributed by atoms with van der Waals surface area (Å²) in [5.41, 5.74) is 1.06. The largest absolute Gasteiger partial charge is 0.367 e. The van der Waals surface area contributed by atoms with Gasteiger partial charge in [0.25, 0.3) is 5.91 Å². The molecule has 0 aliphatic heterocycles. The average molecular weight is 216 g/mol. The lowest BCUT2D eigenvalue weighted by Crippen LogP contribution is -2.15. The van der Waals surface area contributed by atoms with E-state index in [9.17, 15) is 4.79 Å². The number of ether oxygens (including phenoxy) is 1. The minimum Gasteiger partial charge on any atom is -0.367 e. The van der Waals surface area contributed by atoms with E-state index in [0.29, 0.717) is 6.61 Å². The van der Waals surface area contributed by atoms with Crippen LogP contribution in [0.1, 0.15) is 10.4 Å². The Labute approximate surface area is 93.5 Å². The van der Waals surface area contributed by atoms with E-state index in [4.69, 9.17) is 4.74 Å². The van der Waals surface area contributed by atoms with Crippen LogP contribution >= 0.6 is 0 Å². The highest BCUT2D eigenvalue weighted by molar-refractivity contribution is 5.79. The molecule has 0 unspecified atom stereocenters. The Bertz CT molecular complexity index is 437. The average Bonchev–Trinajstić information content (AvgIpc) is 2.84. The number of imidazole rings is 1. The van der Waals surface area contributed by atoms with E-state index in [1.54, 1.807) is 12.4 Å². The molecule has 0 atom stereocenters. The first-order valence-corrected chi connectivity index (χ1v) is 4.99. The van der Waals surface area contributed by atoms with Crippen LogP contribution in [0.25, 0.3) is 0 Å². The van der Waals surface area contributed by atoms with Crippen molar-refractivity contribution in [1.29, 1.82) is 0 Å². The highest BCUT2D eigenvalue weighted by atomic mass is 16.5. The van der Waals surface area contributed by atoms with Crippen molar-refractivity contribution in [3.05, 3.63) is 54.6 Å².